The summed E-state index contributed by atoms with van der Waals surface area (Å²) in [4.78, 5) is 14.1. The number of rotatable bonds is 5. The van der Waals surface area contributed by atoms with Crippen LogP contribution in [0.15, 0.2) is 31.5 Å². The third kappa shape index (κ3) is 1.87. The van der Waals surface area contributed by atoms with Crippen LogP contribution in [0.2, 0.25) is 0 Å². The van der Waals surface area contributed by atoms with E-state index < -0.39 is 4.92 Å². The van der Waals surface area contributed by atoms with Crippen LogP contribution < -0.4 is 0 Å². The molecule has 0 N–H and O–H groups in total. The van der Waals surface area contributed by atoms with Gasteiger partial charge in [-0.1, -0.05) is 18.7 Å². The molecule has 0 saturated heterocycles. The minimum Gasteiger partial charge on any atom is -0.358 e. The summed E-state index contributed by atoms with van der Waals surface area (Å²) in [5, 5.41) is 10.6. The summed E-state index contributed by atoms with van der Waals surface area (Å²) in [7, 11) is 0. The zero-order valence-corrected chi connectivity index (χ0v) is 7.72. The SMILES string of the molecule is C=CCc1ncc([N+](=O)[O-])n1CC=C. The maximum absolute atomic E-state index is 10.6. The minimum absolute atomic E-state index is 0.0123. The van der Waals surface area contributed by atoms with Gasteiger partial charge in [-0.2, -0.15) is 0 Å². The van der Waals surface area contributed by atoms with Crippen molar-refractivity contribution in [2.45, 2.75) is 13.0 Å². The van der Waals surface area contributed by atoms with Gasteiger partial charge >= 0.3 is 5.82 Å². The Labute approximate surface area is 81.5 Å². The van der Waals surface area contributed by atoms with Gasteiger partial charge in [0.2, 0.25) is 5.82 Å². The molecular weight excluding hydrogens is 182 g/mol. The second-order valence-electron chi connectivity index (χ2n) is 2.68. The lowest BCUT2D eigenvalue weighted by Crippen LogP contribution is -2.05. The molecule has 0 aliphatic heterocycles. The molecule has 1 heterocycles. The van der Waals surface area contributed by atoms with E-state index >= 15 is 0 Å². The molecule has 0 aliphatic rings. The second kappa shape index (κ2) is 4.36. The minimum atomic E-state index is -0.455. The van der Waals surface area contributed by atoms with Crippen molar-refractivity contribution in [2.24, 2.45) is 0 Å². The lowest BCUT2D eigenvalue weighted by atomic mass is 10.4. The van der Waals surface area contributed by atoms with Crippen LogP contribution in [-0.4, -0.2) is 14.5 Å². The van der Waals surface area contributed by atoms with Crippen LogP contribution >= 0.6 is 0 Å². The van der Waals surface area contributed by atoms with E-state index in [0.717, 1.165) is 0 Å². The molecule has 0 aliphatic carbocycles. The Kier molecular flexibility index (Phi) is 3.17. The zero-order valence-electron chi connectivity index (χ0n) is 7.72. The highest BCUT2D eigenvalue weighted by Crippen LogP contribution is 2.14. The summed E-state index contributed by atoms with van der Waals surface area (Å²) in [6.07, 6.45) is 5.02. The largest absolute Gasteiger partial charge is 0.358 e. The number of imidazole rings is 1. The van der Waals surface area contributed by atoms with Crippen LogP contribution in [0, 0.1) is 10.1 Å². The normalized spacial score (nSPS) is 9.71. The van der Waals surface area contributed by atoms with Gasteiger partial charge < -0.3 is 10.1 Å². The molecule has 0 spiro atoms. The Morgan fingerprint density at radius 3 is 2.79 bits per heavy atom. The summed E-state index contributed by atoms with van der Waals surface area (Å²) >= 11 is 0. The first-order valence-corrected chi connectivity index (χ1v) is 4.11. The molecule has 1 aromatic rings. The molecule has 74 valence electrons. The van der Waals surface area contributed by atoms with Crippen LogP contribution in [-0.2, 0) is 13.0 Å². The molecule has 1 aromatic heterocycles. The quantitative estimate of drug-likeness (QED) is 0.406. The van der Waals surface area contributed by atoms with Crippen LogP contribution in [0.3, 0.4) is 0 Å². The van der Waals surface area contributed by atoms with Gasteiger partial charge in [0.1, 0.15) is 12.7 Å². The van der Waals surface area contributed by atoms with Gasteiger partial charge in [0.25, 0.3) is 0 Å². The van der Waals surface area contributed by atoms with Gasteiger partial charge in [-0.15, -0.1) is 6.58 Å². The van der Waals surface area contributed by atoms with Crippen molar-refractivity contribution >= 4 is 5.82 Å². The summed E-state index contributed by atoms with van der Waals surface area (Å²) < 4.78 is 1.51. The summed E-state index contributed by atoms with van der Waals surface area (Å²) in [6, 6.07) is 0. The smallest absolute Gasteiger partial charge is 0.343 e. The van der Waals surface area contributed by atoms with Gasteiger partial charge in [0.15, 0.2) is 0 Å². The maximum atomic E-state index is 10.6. The van der Waals surface area contributed by atoms with E-state index in [1.807, 2.05) is 0 Å². The molecule has 1 rings (SSSR count). The average Bonchev–Trinajstić information content (AvgIpc) is 2.50. The highest BCUT2D eigenvalue weighted by Gasteiger charge is 2.17. The lowest BCUT2D eigenvalue weighted by molar-refractivity contribution is -0.392. The highest BCUT2D eigenvalue weighted by molar-refractivity contribution is 5.21. The van der Waals surface area contributed by atoms with Crippen molar-refractivity contribution in [1.82, 2.24) is 9.55 Å². The fourth-order valence-corrected chi connectivity index (χ4v) is 1.17. The Morgan fingerprint density at radius 1 is 1.57 bits per heavy atom. The van der Waals surface area contributed by atoms with Gasteiger partial charge in [-0.25, -0.2) is 9.55 Å². The fourth-order valence-electron chi connectivity index (χ4n) is 1.17. The van der Waals surface area contributed by atoms with Crippen LogP contribution in [0.5, 0.6) is 0 Å². The average molecular weight is 193 g/mol. The number of nitrogens with zero attached hydrogens (tertiary/aromatic N) is 3. The first-order chi connectivity index (χ1) is 6.70. The maximum Gasteiger partial charge on any atom is 0.343 e. The van der Waals surface area contributed by atoms with E-state index in [1.165, 1.54) is 10.8 Å². The molecule has 0 unspecified atom stereocenters. The van der Waals surface area contributed by atoms with E-state index in [1.54, 1.807) is 12.2 Å². The number of hydrogen-bond acceptors (Lipinski definition) is 3. The first-order valence-electron chi connectivity index (χ1n) is 4.11. The van der Waals surface area contributed by atoms with Crippen LogP contribution in [0.1, 0.15) is 5.82 Å². The van der Waals surface area contributed by atoms with Crippen molar-refractivity contribution in [1.29, 1.82) is 0 Å². The molecule has 0 fully saturated rings. The molecule has 0 saturated carbocycles. The lowest BCUT2D eigenvalue weighted by Gasteiger charge is -1.99. The standard InChI is InChI=1S/C9H11N3O2/c1-3-5-8-10-7-9(12(13)14)11(8)6-4-2/h3-4,7H,1-2,5-6H2. The molecule has 0 amide bonds. The number of allylic oxidation sites excluding steroid dienone is 2. The van der Waals surface area contributed by atoms with Gasteiger partial charge in [0.05, 0.1) is 0 Å². The van der Waals surface area contributed by atoms with Gasteiger partial charge in [0, 0.05) is 6.42 Å². The molecule has 0 atom stereocenters. The third-order valence-corrected chi connectivity index (χ3v) is 1.74. The van der Waals surface area contributed by atoms with Crippen molar-refractivity contribution in [2.75, 3.05) is 0 Å². The third-order valence-electron chi connectivity index (χ3n) is 1.74. The number of nitro groups is 1. The molecule has 0 bridgehead atoms. The predicted octanol–water partition coefficient (Wildman–Crippen LogP) is 1.71. The zero-order chi connectivity index (χ0) is 10.6. The van der Waals surface area contributed by atoms with Gasteiger partial charge in [-0.3, -0.25) is 0 Å². The van der Waals surface area contributed by atoms with E-state index in [9.17, 15) is 10.1 Å². The molecule has 0 aromatic carbocycles. The van der Waals surface area contributed by atoms with E-state index in [4.69, 9.17) is 0 Å². The van der Waals surface area contributed by atoms with Crippen LogP contribution in [0.4, 0.5) is 5.82 Å². The molecule has 5 nitrogen and oxygen atoms in total. The second-order valence-corrected chi connectivity index (χ2v) is 2.68. The van der Waals surface area contributed by atoms with Crippen molar-refractivity contribution in [3.63, 3.8) is 0 Å². The fraction of sp³-hybridized carbons (Fsp3) is 0.222. The van der Waals surface area contributed by atoms with E-state index in [0.29, 0.717) is 18.8 Å². The molecular formula is C9H11N3O2. The van der Waals surface area contributed by atoms with Crippen molar-refractivity contribution in [3.8, 4) is 0 Å². The Bertz CT molecular complexity index is 368. The Hall–Kier alpha value is -1.91. The van der Waals surface area contributed by atoms with Crippen molar-refractivity contribution < 1.29 is 4.92 Å². The summed E-state index contributed by atoms with van der Waals surface area (Å²) in [6.45, 7) is 7.49. The van der Waals surface area contributed by atoms with Gasteiger partial charge in [-0.05, 0) is 4.92 Å². The van der Waals surface area contributed by atoms with E-state index in [-0.39, 0.29) is 5.82 Å². The Balaban J connectivity index is 3.11. The van der Waals surface area contributed by atoms with Crippen LogP contribution in [0.25, 0.3) is 0 Å². The molecule has 0 radical (unpaired) electrons. The van der Waals surface area contributed by atoms with E-state index in [2.05, 4.69) is 18.1 Å². The summed E-state index contributed by atoms with van der Waals surface area (Å²) in [5.74, 6) is 0.619. The highest BCUT2D eigenvalue weighted by atomic mass is 16.6. The first kappa shape index (κ1) is 10.2. The molecule has 5 heteroatoms. The van der Waals surface area contributed by atoms with Crippen molar-refractivity contribution in [3.05, 3.63) is 47.4 Å². The predicted molar refractivity (Wildman–Crippen MR) is 53.0 cm³/mol. The summed E-state index contributed by atoms with van der Waals surface area (Å²) in [5.41, 5.74) is 0. The monoisotopic (exact) mass is 193 g/mol. The molecule has 14 heavy (non-hydrogen) atoms. The Morgan fingerprint density at radius 2 is 2.29 bits per heavy atom. The number of aromatic nitrogens is 2. The number of hydrogen-bond donors (Lipinski definition) is 0. The topological polar surface area (TPSA) is 61.0 Å².